The van der Waals surface area contributed by atoms with E-state index in [9.17, 15) is 9.59 Å². The Morgan fingerprint density at radius 3 is 2.79 bits per heavy atom. The number of hydrogen-bond acceptors (Lipinski definition) is 3. The lowest BCUT2D eigenvalue weighted by Gasteiger charge is -2.36. The number of urea groups is 1. The van der Waals surface area contributed by atoms with Gasteiger partial charge < -0.3 is 9.64 Å². The Hall–Kier alpha value is -1.26. The molecule has 1 aliphatic rings. The fourth-order valence-electron chi connectivity index (χ4n) is 1.36. The van der Waals surface area contributed by atoms with Crippen LogP contribution in [0.2, 0.25) is 0 Å². The van der Waals surface area contributed by atoms with Gasteiger partial charge in [-0.15, -0.1) is 0 Å². The van der Waals surface area contributed by atoms with Gasteiger partial charge in [0.25, 0.3) is 0 Å². The molecule has 0 radical (unpaired) electrons. The third-order valence-corrected chi connectivity index (χ3v) is 2.33. The Morgan fingerprint density at radius 1 is 1.57 bits per heavy atom. The number of ether oxygens (including phenoxy) is 1. The van der Waals surface area contributed by atoms with Crippen LogP contribution in [-0.4, -0.2) is 48.7 Å². The summed E-state index contributed by atoms with van der Waals surface area (Å²) in [5, 5.41) is 0. The molecule has 0 bridgehead atoms. The summed E-state index contributed by atoms with van der Waals surface area (Å²) in [6.07, 6.45) is 0.616. The first kappa shape index (κ1) is 10.8. The molecule has 0 N–H and O–H groups in total. The van der Waals surface area contributed by atoms with Crippen LogP contribution < -0.4 is 0 Å². The summed E-state index contributed by atoms with van der Waals surface area (Å²) in [7, 11) is 3.38. The second-order valence-corrected chi connectivity index (χ2v) is 3.40. The van der Waals surface area contributed by atoms with Gasteiger partial charge in [0.15, 0.2) is 6.23 Å². The van der Waals surface area contributed by atoms with Crippen molar-refractivity contribution in [3.05, 3.63) is 0 Å². The van der Waals surface area contributed by atoms with Crippen molar-refractivity contribution in [2.75, 3.05) is 20.6 Å². The van der Waals surface area contributed by atoms with Crippen LogP contribution in [0.1, 0.15) is 19.8 Å². The predicted octanol–water partition coefficient (Wildman–Crippen LogP) is 0.653. The fraction of sp³-hybridized carbons (Fsp3) is 0.778. The largest absolute Gasteiger partial charge is 0.441 e. The van der Waals surface area contributed by atoms with Crippen LogP contribution in [0.15, 0.2) is 0 Å². The van der Waals surface area contributed by atoms with Gasteiger partial charge >= 0.3 is 12.0 Å². The molecule has 14 heavy (non-hydrogen) atoms. The van der Waals surface area contributed by atoms with Gasteiger partial charge in [0, 0.05) is 33.5 Å². The molecule has 1 heterocycles. The van der Waals surface area contributed by atoms with Crippen LogP contribution in [0.3, 0.4) is 0 Å². The molecule has 1 fully saturated rings. The first-order chi connectivity index (χ1) is 6.56. The summed E-state index contributed by atoms with van der Waals surface area (Å²) in [5.41, 5.74) is 0. The van der Waals surface area contributed by atoms with E-state index in [0.717, 1.165) is 0 Å². The van der Waals surface area contributed by atoms with Crippen LogP contribution in [-0.2, 0) is 9.53 Å². The highest BCUT2D eigenvalue weighted by atomic mass is 16.6. The first-order valence-electron chi connectivity index (χ1n) is 4.73. The number of nitrogens with zero attached hydrogens (tertiary/aromatic N) is 2. The fourth-order valence-corrected chi connectivity index (χ4v) is 1.36. The molecular formula is C9H16N2O3. The maximum Gasteiger partial charge on any atom is 0.322 e. The summed E-state index contributed by atoms with van der Waals surface area (Å²) in [4.78, 5) is 25.6. The average molecular weight is 200 g/mol. The van der Waals surface area contributed by atoms with E-state index in [1.807, 2.05) is 0 Å². The molecule has 1 saturated heterocycles. The molecule has 0 aromatic heterocycles. The molecule has 80 valence electrons. The lowest BCUT2D eigenvalue weighted by Crippen LogP contribution is -2.52. The Bertz CT molecular complexity index is 242. The van der Waals surface area contributed by atoms with E-state index < -0.39 is 6.23 Å². The van der Waals surface area contributed by atoms with Crippen LogP contribution >= 0.6 is 0 Å². The molecule has 5 nitrogen and oxygen atoms in total. The van der Waals surface area contributed by atoms with Gasteiger partial charge in [0.2, 0.25) is 0 Å². The SMILES string of the molecule is CCC(=O)OC1CCN(C)C(=O)N1C. The van der Waals surface area contributed by atoms with Gasteiger partial charge in [-0.25, -0.2) is 4.79 Å². The monoisotopic (exact) mass is 200 g/mol. The summed E-state index contributed by atoms with van der Waals surface area (Å²) in [6.45, 7) is 2.37. The van der Waals surface area contributed by atoms with Gasteiger partial charge in [-0.3, -0.25) is 9.69 Å². The van der Waals surface area contributed by atoms with Crippen molar-refractivity contribution in [2.45, 2.75) is 26.0 Å². The standard InChI is InChI=1S/C9H16N2O3/c1-4-8(12)14-7-5-6-10(2)9(13)11(7)3/h7H,4-6H2,1-3H3. The van der Waals surface area contributed by atoms with Crippen molar-refractivity contribution in [3.8, 4) is 0 Å². The molecule has 1 unspecified atom stereocenters. The van der Waals surface area contributed by atoms with E-state index in [-0.39, 0.29) is 12.0 Å². The molecular weight excluding hydrogens is 184 g/mol. The predicted molar refractivity (Wildman–Crippen MR) is 50.6 cm³/mol. The molecule has 0 aromatic carbocycles. The number of carbonyl (C=O) groups excluding carboxylic acids is 2. The second kappa shape index (κ2) is 4.30. The van der Waals surface area contributed by atoms with Gasteiger partial charge in [-0.1, -0.05) is 6.92 Å². The number of esters is 1. The highest BCUT2D eigenvalue weighted by Crippen LogP contribution is 2.14. The minimum atomic E-state index is -0.397. The number of amides is 2. The third kappa shape index (κ3) is 2.16. The maximum absolute atomic E-state index is 11.5. The summed E-state index contributed by atoms with van der Waals surface area (Å²) in [5.74, 6) is -0.265. The van der Waals surface area contributed by atoms with E-state index in [2.05, 4.69) is 0 Å². The zero-order valence-electron chi connectivity index (χ0n) is 8.82. The topological polar surface area (TPSA) is 49.9 Å². The highest BCUT2D eigenvalue weighted by molar-refractivity contribution is 5.75. The third-order valence-electron chi connectivity index (χ3n) is 2.33. The molecule has 0 spiro atoms. The molecule has 2 amide bonds. The van der Waals surface area contributed by atoms with E-state index in [1.54, 1.807) is 25.9 Å². The maximum atomic E-state index is 11.5. The van der Waals surface area contributed by atoms with Gasteiger partial charge in [0.1, 0.15) is 0 Å². The van der Waals surface area contributed by atoms with E-state index in [4.69, 9.17) is 4.74 Å². The average Bonchev–Trinajstić information content (AvgIpc) is 2.19. The molecule has 1 atom stereocenters. The zero-order valence-corrected chi connectivity index (χ0v) is 8.82. The van der Waals surface area contributed by atoms with Crippen molar-refractivity contribution < 1.29 is 14.3 Å². The molecule has 1 aliphatic heterocycles. The summed E-state index contributed by atoms with van der Waals surface area (Å²) in [6, 6.07) is -0.106. The normalized spacial score (nSPS) is 22.5. The van der Waals surface area contributed by atoms with E-state index >= 15 is 0 Å². The van der Waals surface area contributed by atoms with Crippen LogP contribution in [0.25, 0.3) is 0 Å². The van der Waals surface area contributed by atoms with Crippen molar-refractivity contribution in [3.63, 3.8) is 0 Å². The Kier molecular flexibility index (Phi) is 3.33. The second-order valence-electron chi connectivity index (χ2n) is 3.40. The summed E-state index contributed by atoms with van der Waals surface area (Å²) < 4.78 is 5.11. The Morgan fingerprint density at radius 2 is 2.21 bits per heavy atom. The van der Waals surface area contributed by atoms with Gasteiger partial charge in [0.05, 0.1) is 0 Å². The molecule has 0 aliphatic carbocycles. The van der Waals surface area contributed by atoms with Crippen molar-refractivity contribution in [1.82, 2.24) is 9.80 Å². The van der Waals surface area contributed by atoms with Crippen LogP contribution in [0, 0.1) is 0 Å². The van der Waals surface area contributed by atoms with Gasteiger partial charge in [-0.05, 0) is 0 Å². The minimum Gasteiger partial charge on any atom is -0.441 e. The van der Waals surface area contributed by atoms with Gasteiger partial charge in [-0.2, -0.15) is 0 Å². The molecule has 5 heteroatoms. The van der Waals surface area contributed by atoms with Crippen LogP contribution in [0.5, 0.6) is 0 Å². The number of rotatable bonds is 2. The van der Waals surface area contributed by atoms with Crippen LogP contribution in [0.4, 0.5) is 4.79 Å². The minimum absolute atomic E-state index is 0.106. The molecule has 0 saturated carbocycles. The number of hydrogen-bond donors (Lipinski definition) is 0. The van der Waals surface area contributed by atoms with Crippen molar-refractivity contribution in [1.29, 1.82) is 0 Å². The lowest BCUT2D eigenvalue weighted by atomic mass is 10.3. The highest BCUT2D eigenvalue weighted by Gasteiger charge is 2.30. The van der Waals surface area contributed by atoms with E-state index in [1.165, 1.54) is 4.90 Å². The first-order valence-corrected chi connectivity index (χ1v) is 4.73. The quantitative estimate of drug-likeness (QED) is 0.615. The number of carbonyl (C=O) groups is 2. The van der Waals surface area contributed by atoms with Crippen molar-refractivity contribution >= 4 is 12.0 Å². The lowest BCUT2D eigenvalue weighted by molar-refractivity contribution is -0.157. The Balaban J connectivity index is 2.55. The molecule has 0 aromatic rings. The van der Waals surface area contributed by atoms with Crippen molar-refractivity contribution in [2.24, 2.45) is 0 Å². The van der Waals surface area contributed by atoms with E-state index in [0.29, 0.717) is 19.4 Å². The molecule has 1 rings (SSSR count). The Labute approximate surface area is 83.6 Å². The smallest absolute Gasteiger partial charge is 0.322 e. The zero-order chi connectivity index (χ0) is 10.7. The summed E-state index contributed by atoms with van der Waals surface area (Å²) >= 11 is 0.